The van der Waals surface area contributed by atoms with Crippen molar-refractivity contribution in [3.63, 3.8) is 0 Å². The van der Waals surface area contributed by atoms with Gasteiger partial charge in [0.1, 0.15) is 11.0 Å². The molecule has 0 aliphatic carbocycles. The summed E-state index contributed by atoms with van der Waals surface area (Å²) in [4.78, 5) is 16.7. The molecule has 2 unspecified atom stereocenters. The van der Waals surface area contributed by atoms with Gasteiger partial charge in [0, 0.05) is 13.1 Å². The fourth-order valence-electron chi connectivity index (χ4n) is 2.59. The molecule has 0 spiro atoms. The fourth-order valence-corrected chi connectivity index (χ4v) is 2.79. The molecule has 1 saturated heterocycles. The van der Waals surface area contributed by atoms with Gasteiger partial charge in [0.05, 0.1) is 17.1 Å². The van der Waals surface area contributed by atoms with Gasteiger partial charge in [-0.3, -0.25) is 10.1 Å². The van der Waals surface area contributed by atoms with E-state index in [1.165, 1.54) is 18.6 Å². The molecule has 5 nitrogen and oxygen atoms in total. The highest BCUT2D eigenvalue weighted by molar-refractivity contribution is 6.29. The van der Waals surface area contributed by atoms with Crippen molar-refractivity contribution in [2.45, 2.75) is 20.3 Å². The predicted octanol–water partition coefficient (Wildman–Crippen LogP) is 3.13. The van der Waals surface area contributed by atoms with Crippen molar-refractivity contribution in [3.8, 4) is 0 Å². The van der Waals surface area contributed by atoms with Crippen LogP contribution in [0.25, 0.3) is 0 Å². The van der Waals surface area contributed by atoms with Gasteiger partial charge in [-0.25, -0.2) is 4.98 Å². The third kappa shape index (κ3) is 2.90. The summed E-state index contributed by atoms with van der Waals surface area (Å²) in [5, 5.41) is 11.0. The molecule has 2 atom stereocenters. The number of aromatic nitrogens is 1. The summed E-state index contributed by atoms with van der Waals surface area (Å²) >= 11 is 5.84. The first-order valence-corrected chi connectivity index (χ1v) is 6.40. The van der Waals surface area contributed by atoms with Crippen molar-refractivity contribution in [1.29, 1.82) is 0 Å². The Kier molecular flexibility index (Phi) is 3.71. The summed E-state index contributed by atoms with van der Waals surface area (Å²) < 4.78 is 0. The van der Waals surface area contributed by atoms with Crippen LogP contribution >= 0.6 is 11.6 Å². The summed E-state index contributed by atoms with van der Waals surface area (Å²) in [5.74, 6) is 1.73. The van der Waals surface area contributed by atoms with Gasteiger partial charge in [-0.15, -0.1) is 0 Å². The lowest BCUT2D eigenvalue weighted by Gasteiger charge is -2.35. The summed E-state index contributed by atoms with van der Waals surface area (Å²) in [6.07, 6.45) is 1.18. The molecule has 6 heteroatoms. The van der Waals surface area contributed by atoms with Crippen LogP contribution in [0.3, 0.4) is 0 Å². The Morgan fingerprint density at radius 2 is 2.00 bits per heavy atom. The van der Waals surface area contributed by atoms with Gasteiger partial charge in [0.25, 0.3) is 5.69 Å². The molecule has 0 amide bonds. The summed E-state index contributed by atoms with van der Waals surface area (Å²) in [6, 6.07) is 2.78. The average molecular weight is 270 g/mol. The van der Waals surface area contributed by atoms with Crippen LogP contribution in [0.2, 0.25) is 5.15 Å². The zero-order valence-electron chi connectivity index (χ0n) is 10.5. The van der Waals surface area contributed by atoms with Crippen LogP contribution in [0.5, 0.6) is 0 Å². The summed E-state index contributed by atoms with van der Waals surface area (Å²) in [7, 11) is 0. The molecule has 1 aliphatic heterocycles. The molecule has 2 rings (SSSR count). The van der Waals surface area contributed by atoms with Crippen LogP contribution < -0.4 is 4.90 Å². The van der Waals surface area contributed by atoms with E-state index in [9.17, 15) is 10.1 Å². The highest BCUT2D eigenvalue weighted by Gasteiger charge is 2.24. The number of halogens is 1. The number of piperidine rings is 1. The maximum atomic E-state index is 10.8. The number of anilines is 1. The van der Waals surface area contributed by atoms with Gasteiger partial charge in [-0.1, -0.05) is 25.4 Å². The topological polar surface area (TPSA) is 59.3 Å². The van der Waals surface area contributed by atoms with E-state index >= 15 is 0 Å². The first-order chi connectivity index (χ1) is 8.45. The number of hydrogen-bond acceptors (Lipinski definition) is 4. The Morgan fingerprint density at radius 3 is 2.56 bits per heavy atom. The van der Waals surface area contributed by atoms with Crippen molar-refractivity contribution in [2.24, 2.45) is 11.8 Å². The molecule has 1 aliphatic rings. The molecule has 0 radical (unpaired) electrons. The SMILES string of the molecule is CC1CC(C)CN(c2cc([N+](=O)[O-])cc(Cl)n2)C1. The van der Waals surface area contributed by atoms with Gasteiger partial charge in [-0.05, 0) is 18.3 Å². The first-order valence-electron chi connectivity index (χ1n) is 6.02. The van der Waals surface area contributed by atoms with Crippen molar-refractivity contribution in [3.05, 3.63) is 27.4 Å². The van der Waals surface area contributed by atoms with Crippen molar-refractivity contribution in [2.75, 3.05) is 18.0 Å². The Morgan fingerprint density at radius 1 is 1.39 bits per heavy atom. The Labute approximate surface area is 111 Å². The van der Waals surface area contributed by atoms with E-state index in [1.807, 2.05) is 0 Å². The lowest BCUT2D eigenvalue weighted by atomic mass is 9.92. The van der Waals surface area contributed by atoms with E-state index in [0.717, 1.165) is 13.1 Å². The maximum absolute atomic E-state index is 10.8. The molecule has 1 aromatic heterocycles. The molecule has 0 N–H and O–H groups in total. The van der Waals surface area contributed by atoms with E-state index in [2.05, 4.69) is 23.7 Å². The smallest absolute Gasteiger partial charge is 0.276 e. The quantitative estimate of drug-likeness (QED) is 0.470. The highest BCUT2D eigenvalue weighted by atomic mass is 35.5. The summed E-state index contributed by atoms with van der Waals surface area (Å²) in [6.45, 7) is 6.10. The normalized spacial score (nSPS) is 24.1. The van der Waals surface area contributed by atoms with E-state index in [-0.39, 0.29) is 10.8 Å². The van der Waals surface area contributed by atoms with E-state index in [1.54, 1.807) is 0 Å². The molecule has 1 fully saturated rings. The van der Waals surface area contributed by atoms with Crippen molar-refractivity contribution < 1.29 is 4.92 Å². The van der Waals surface area contributed by atoms with Crippen LogP contribution in [-0.2, 0) is 0 Å². The minimum Gasteiger partial charge on any atom is -0.356 e. The van der Waals surface area contributed by atoms with E-state index in [4.69, 9.17) is 11.6 Å². The second-order valence-corrected chi connectivity index (χ2v) is 5.50. The molecular formula is C12H16ClN3O2. The maximum Gasteiger partial charge on any atom is 0.276 e. The molecule has 0 bridgehead atoms. The van der Waals surface area contributed by atoms with Gasteiger partial charge in [0.15, 0.2) is 0 Å². The minimum absolute atomic E-state index is 0.00382. The lowest BCUT2D eigenvalue weighted by molar-refractivity contribution is -0.384. The van der Waals surface area contributed by atoms with Crippen LogP contribution in [0.4, 0.5) is 11.5 Å². The Hall–Kier alpha value is -1.36. The average Bonchev–Trinajstić information content (AvgIpc) is 2.26. The lowest BCUT2D eigenvalue weighted by Crippen LogP contribution is -2.39. The number of nitrogens with zero attached hydrogens (tertiary/aromatic N) is 3. The number of rotatable bonds is 2. The number of pyridine rings is 1. The van der Waals surface area contributed by atoms with Crippen molar-refractivity contribution in [1.82, 2.24) is 4.98 Å². The Bertz CT molecular complexity index is 457. The number of nitro groups is 1. The molecule has 1 aromatic rings. The third-order valence-electron chi connectivity index (χ3n) is 3.17. The highest BCUT2D eigenvalue weighted by Crippen LogP contribution is 2.28. The monoisotopic (exact) mass is 269 g/mol. The Balaban J connectivity index is 2.29. The zero-order chi connectivity index (χ0) is 13.3. The van der Waals surface area contributed by atoms with Crippen LogP contribution in [0.1, 0.15) is 20.3 Å². The molecule has 0 saturated carbocycles. The molecule has 98 valence electrons. The van der Waals surface area contributed by atoms with Gasteiger partial charge >= 0.3 is 0 Å². The van der Waals surface area contributed by atoms with Crippen LogP contribution in [-0.4, -0.2) is 23.0 Å². The molecular weight excluding hydrogens is 254 g/mol. The van der Waals surface area contributed by atoms with E-state index in [0.29, 0.717) is 17.7 Å². The van der Waals surface area contributed by atoms with Gasteiger partial charge in [0.2, 0.25) is 0 Å². The van der Waals surface area contributed by atoms with Crippen LogP contribution in [0.15, 0.2) is 12.1 Å². The predicted molar refractivity (Wildman–Crippen MR) is 71.1 cm³/mol. The standard InChI is InChI=1S/C12H16ClN3O2/c1-8-3-9(2)7-15(6-8)12-5-10(16(17)18)4-11(13)14-12/h4-5,8-9H,3,6-7H2,1-2H3. The third-order valence-corrected chi connectivity index (χ3v) is 3.36. The first kappa shape index (κ1) is 13.1. The molecule has 0 aromatic carbocycles. The number of hydrogen-bond donors (Lipinski definition) is 0. The second-order valence-electron chi connectivity index (χ2n) is 5.11. The van der Waals surface area contributed by atoms with Gasteiger partial charge in [-0.2, -0.15) is 0 Å². The summed E-state index contributed by atoms with van der Waals surface area (Å²) in [5.41, 5.74) is -0.00382. The van der Waals surface area contributed by atoms with Crippen molar-refractivity contribution >= 4 is 23.1 Å². The molecule has 2 heterocycles. The van der Waals surface area contributed by atoms with E-state index < -0.39 is 4.92 Å². The fraction of sp³-hybridized carbons (Fsp3) is 0.583. The minimum atomic E-state index is -0.437. The van der Waals surface area contributed by atoms with Crippen LogP contribution in [0, 0.1) is 22.0 Å². The molecule has 18 heavy (non-hydrogen) atoms. The zero-order valence-corrected chi connectivity index (χ0v) is 11.2. The van der Waals surface area contributed by atoms with Gasteiger partial charge < -0.3 is 4.90 Å². The largest absolute Gasteiger partial charge is 0.356 e. The second kappa shape index (κ2) is 5.10.